The molecule has 1 atom stereocenters. The van der Waals surface area contributed by atoms with Crippen molar-refractivity contribution in [3.05, 3.63) is 33.7 Å². The van der Waals surface area contributed by atoms with E-state index in [1.165, 1.54) is 0 Å². The van der Waals surface area contributed by atoms with Gasteiger partial charge in [-0.15, -0.1) is 5.10 Å². The van der Waals surface area contributed by atoms with E-state index in [4.69, 9.17) is 4.74 Å². The highest BCUT2D eigenvalue weighted by molar-refractivity contribution is 9.10. The first-order chi connectivity index (χ1) is 10.1. The second kappa shape index (κ2) is 7.00. The highest BCUT2D eigenvalue weighted by Crippen LogP contribution is 2.26. The number of ether oxygens (including phenoxy) is 1. The zero-order chi connectivity index (χ0) is 15.4. The van der Waals surface area contributed by atoms with Crippen LogP contribution in [0.2, 0.25) is 0 Å². The molecule has 0 aromatic carbocycles. The number of hydrogen-bond acceptors (Lipinski definition) is 5. The number of methoxy groups -OCH3 is 1. The molecule has 2 rings (SSSR count). The smallest absolute Gasteiger partial charge is 0.233 e. The van der Waals surface area contributed by atoms with Gasteiger partial charge >= 0.3 is 0 Å². The monoisotopic (exact) mass is 353 g/mol. The largest absolute Gasteiger partial charge is 0.480 e. The summed E-state index contributed by atoms with van der Waals surface area (Å²) in [4.78, 5) is 0. The van der Waals surface area contributed by atoms with Crippen molar-refractivity contribution < 1.29 is 4.74 Å². The van der Waals surface area contributed by atoms with Gasteiger partial charge in [0.2, 0.25) is 5.88 Å². The quantitative estimate of drug-likeness (QED) is 0.860. The molecule has 1 N–H and O–H groups in total. The molecule has 0 aliphatic carbocycles. The van der Waals surface area contributed by atoms with Gasteiger partial charge in [0.15, 0.2) is 0 Å². The van der Waals surface area contributed by atoms with Crippen LogP contribution in [0.5, 0.6) is 5.88 Å². The molecule has 0 saturated heterocycles. The number of hydrogen-bond donors (Lipinski definition) is 1. The van der Waals surface area contributed by atoms with Gasteiger partial charge < -0.3 is 10.1 Å². The van der Waals surface area contributed by atoms with Gasteiger partial charge in [0.1, 0.15) is 0 Å². The Morgan fingerprint density at radius 2 is 2.14 bits per heavy atom. The van der Waals surface area contributed by atoms with E-state index in [-0.39, 0.29) is 6.04 Å². The van der Waals surface area contributed by atoms with Gasteiger partial charge in [0.05, 0.1) is 34.7 Å². The van der Waals surface area contributed by atoms with Crippen molar-refractivity contribution in [3.8, 4) is 5.88 Å². The first kappa shape index (κ1) is 15.9. The van der Waals surface area contributed by atoms with Crippen LogP contribution in [0, 0.1) is 0 Å². The number of rotatable bonds is 6. The molecular formula is C14H20BrN5O. The molecule has 0 saturated carbocycles. The molecule has 2 heterocycles. The van der Waals surface area contributed by atoms with E-state index in [2.05, 4.69) is 43.5 Å². The fraction of sp³-hybridized carbons (Fsp3) is 0.500. The molecule has 0 fully saturated rings. The first-order valence-electron chi connectivity index (χ1n) is 6.85. The van der Waals surface area contributed by atoms with Crippen LogP contribution in [0.4, 0.5) is 0 Å². The summed E-state index contributed by atoms with van der Waals surface area (Å²) >= 11 is 3.65. The molecule has 2 aromatic rings. The van der Waals surface area contributed by atoms with Gasteiger partial charge in [-0.1, -0.05) is 6.92 Å². The van der Waals surface area contributed by atoms with Gasteiger partial charge in [-0.3, -0.25) is 4.68 Å². The Morgan fingerprint density at radius 3 is 2.62 bits per heavy atom. The molecule has 0 aliphatic heterocycles. The molecule has 0 spiro atoms. The number of halogens is 1. The molecule has 7 heteroatoms. The second-order valence-electron chi connectivity index (χ2n) is 4.73. The Hall–Kier alpha value is -1.47. The molecule has 2 aromatic heterocycles. The highest BCUT2D eigenvalue weighted by atomic mass is 79.9. The van der Waals surface area contributed by atoms with Crippen LogP contribution in [0.3, 0.4) is 0 Å². The summed E-state index contributed by atoms with van der Waals surface area (Å²) in [7, 11) is 5.46. The van der Waals surface area contributed by atoms with E-state index in [1.54, 1.807) is 7.11 Å². The van der Waals surface area contributed by atoms with E-state index in [0.29, 0.717) is 5.88 Å². The first-order valence-corrected chi connectivity index (χ1v) is 7.65. The summed E-state index contributed by atoms with van der Waals surface area (Å²) in [5.41, 5.74) is 3.09. The SMILES string of the molecule is CCc1nn(C)c(CC(NC)c2ccc(OC)nn2)c1Br. The maximum absolute atomic E-state index is 5.04. The van der Waals surface area contributed by atoms with Crippen LogP contribution in [-0.2, 0) is 19.9 Å². The third-order valence-corrected chi connectivity index (χ3v) is 4.39. The van der Waals surface area contributed by atoms with Crippen molar-refractivity contribution in [2.45, 2.75) is 25.8 Å². The maximum atomic E-state index is 5.04. The van der Waals surface area contributed by atoms with Gasteiger partial charge in [-0.2, -0.15) is 10.2 Å². The van der Waals surface area contributed by atoms with E-state index < -0.39 is 0 Å². The number of likely N-dealkylation sites (N-methyl/N-ethyl adjacent to an activating group) is 1. The van der Waals surface area contributed by atoms with Crippen molar-refractivity contribution in [3.63, 3.8) is 0 Å². The molecule has 1 unspecified atom stereocenters. The van der Waals surface area contributed by atoms with Crippen LogP contribution in [0.1, 0.15) is 30.0 Å². The van der Waals surface area contributed by atoms with E-state index in [0.717, 1.165) is 34.4 Å². The molecule has 0 bridgehead atoms. The van der Waals surface area contributed by atoms with Gasteiger partial charge in [-0.25, -0.2) is 0 Å². The van der Waals surface area contributed by atoms with Crippen LogP contribution >= 0.6 is 15.9 Å². The van der Waals surface area contributed by atoms with E-state index >= 15 is 0 Å². The third kappa shape index (κ3) is 3.41. The van der Waals surface area contributed by atoms with Crippen LogP contribution in [0.15, 0.2) is 16.6 Å². The molecule has 21 heavy (non-hydrogen) atoms. The molecule has 0 amide bonds. The van der Waals surface area contributed by atoms with E-state index in [1.807, 2.05) is 30.9 Å². The Kier molecular flexibility index (Phi) is 5.30. The Bertz CT molecular complexity index is 596. The lowest BCUT2D eigenvalue weighted by Crippen LogP contribution is -2.21. The average molecular weight is 354 g/mol. The number of aryl methyl sites for hydroxylation is 2. The van der Waals surface area contributed by atoms with E-state index in [9.17, 15) is 0 Å². The lowest BCUT2D eigenvalue weighted by atomic mass is 10.1. The summed E-state index contributed by atoms with van der Waals surface area (Å²) in [6, 6.07) is 3.82. The maximum Gasteiger partial charge on any atom is 0.233 e. The minimum absolute atomic E-state index is 0.0693. The summed E-state index contributed by atoms with van der Waals surface area (Å²) in [5.74, 6) is 0.517. The second-order valence-corrected chi connectivity index (χ2v) is 5.52. The summed E-state index contributed by atoms with van der Waals surface area (Å²) in [5, 5.41) is 16.1. The van der Waals surface area contributed by atoms with Crippen molar-refractivity contribution in [1.82, 2.24) is 25.3 Å². The molecule has 0 aliphatic rings. The molecule has 0 radical (unpaired) electrons. The van der Waals surface area contributed by atoms with Crippen LogP contribution in [0.25, 0.3) is 0 Å². The Balaban J connectivity index is 2.24. The topological polar surface area (TPSA) is 64.9 Å². The van der Waals surface area contributed by atoms with Crippen molar-refractivity contribution in [2.75, 3.05) is 14.2 Å². The van der Waals surface area contributed by atoms with Gasteiger partial charge in [0.25, 0.3) is 0 Å². The summed E-state index contributed by atoms with van der Waals surface area (Å²) in [6.45, 7) is 2.10. The predicted molar refractivity (Wildman–Crippen MR) is 84.4 cm³/mol. The van der Waals surface area contributed by atoms with Crippen molar-refractivity contribution >= 4 is 15.9 Å². The van der Waals surface area contributed by atoms with Crippen molar-refractivity contribution in [1.29, 1.82) is 0 Å². The zero-order valence-corrected chi connectivity index (χ0v) is 14.3. The van der Waals surface area contributed by atoms with Crippen LogP contribution in [-0.4, -0.2) is 34.1 Å². The zero-order valence-electron chi connectivity index (χ0n) is 12.7. The third-order valence-electron chi connectivity index (χ3n) is 3.48. The highest BCUT2D eigenvalue weighted by Gasteiger charge is 2.19. The Labute approximate surface area is 133 Å². The number of nitrogens with one attached hydrogen (secondary N) is 1. The minimum atomic E-state index is 0.0693. The molecule has 6 nitrogen and oxygen atoms in total. The van der Waals surface area contributed by atoms with Crippen LogP contribution < -0.4 is 10.1 Å². The van der Waals surface area contributed by atoms with Gasteiger partial charge in [-0.05, 0) is 35.5 Å². The number of nitrogens with zero attached hydrogens (tertiary/aromatic N) is 4. The van der Waals surface area contributed by atoms with Gasteiger partial charge in [0, 0.05) is 19.5 Å². The fourth-order valence-electron chi connectivity index (χ4n) is 2.21. The normalized spacial score (nSPS) is 12.4. The summed E-state index contributed by atoms with van der Waals surface area (Å²) < 4.78 is 8.04. The molecular weight excluding hydrogens is 334 g/mol. The summed E-state index contributed by atoms with van der Waals surface area (Å²) in [6.07, 6.45) is 1.68. The standard InChI is InChI=1S/C14H20BrN5O/c1-5-9-14(15)12(20(3)19-9)8-11(16-2)10-6-7-13(21-4)18-17-10/h6-7,11,16H,5,8H2,1-4H3. The lowest BCUT2D eigenvalue weighted by molar-refractivity contribution is 0.389. The number of aromatic nitrogens is 4. The minimum Gasteiger partial charge on any atom is -0.480 e. The average Bonchev–Trinajstić information content (AvgIpc) is 2.79. The lowest BCUT2D eigenvalue weighted by Gasteiger charge is -2.15. The predicted octanol–water partition coefficient (Wildman–Crippen LogP) is 2.05. The fourth-order valence-corrected chi connectivity index (χ4v) is 2.99. The Morgan fingerprint density at radius 1 is 1.38 bits per heavy atom. The molecule has 114 valence electrons. The van der Waals surface area contributed by atoms with Crippen molar-refractivity contribution in [2.24, 2.45) is 7.05 Å².